The van der Waals surface area contributed by atoms with Gasteiger partial charge in [-0.2, -0.15) is 0 Å². The third-order valence-electron chi connectivity index (χ3n) is 3.28. The van der Waals surface area contributed by atoms with Gasteiger partial charge in [-0.3, -0.25) is 4.79 Å². The average molecular weight is 234 g/mol. The maximum atomic E-state index is 11.4. The van der Waals surface area contributed by atoms with Gasteiger partial charge in [0, 0.05) is 6.04 Å². The molecule has 0 aromatic heterocycles. The van der Waals surface area contributed by atoms with Gasteiger partial charge in [-0.1, -0.05) is 12.1 Å². The molecule has 0 radical (unpaired) electrons. The molecular weight excluding hydrogens is 216 g/mol. The van der Waals surface area contributed by atoms with Crippen molar-refractivity contribution in [3.8, 4) is 5.75 Å². The van der Waals surface area contributed by atoms with Crippen LogP contribution in [0.15, 0.2) is 24.3 Å². The fraction of sp³-hybridized carbons (Fsp3) is 0.462. The van der Waals surface area contributed by atoms with Crippen LogP contribution in [0.2, 0.25) is 0 Å². The van der Waals surface area contributed by atoms with Gasteiger partial charge < -0.3 is 15.8 Å². The minimum Gasteiger partial charge on any atom is -0.497 e. The number of nitrogens with one attached hydrogen (secondary N) is 1. The normalized spacial score (nSPS) is 24.3. The molecule has 92 valence electrons. The number of methoxy groups -OCH3 is 1. The fourth-order valence-corrected chi connectivity index (χ4v) is 2.38. The van der Waals surface area contributed by atoms with Gasteiger partial charge >= 0.3 is 0 Å². The van der Waals surface area contributed by atoms with Gasteiger partial charge in [-0.15, -0.1) is 0 Å². The van der Waals surface area contributed by atoms with E-state index >= 15 is 0 Å². The Labute approximate surface area is 101 Å². The van der Waals surface area contributed by atoms with Gasteiger partial charge in [-0.25, -0.2) is 0 Å². The van der Waals surface area contributed by atoms with Crippen LogP contribution in [0.4, 0.5) is 0 Å². The van der Waals surface area contributed by atoms with Gasteiger partial charge in [0.1, 0.15) is 5.75 Å². The van der Waals surface area contributed by atoms with Crippen LogP contribution in [0.5, 0.6) is 5.75 Å². The summed E-state index contributed by atoms with van der Waals surface area (Å²) < 4.78 is 5.20. The van der Waals surface area contributed by atoms with E-state index in [-0.39, 0.29) is 17.9 Å². The number of hydrogen-bond donors (Lipinski definition) is 2. The third-order valence-corrected chi connectivity index (χ3v) is 3.28. The molecule has 1 aliphatic rings. The van der Waals surface area contributed by atoms with Gasteiger partial charge in [0.15, 0.2) is 0 Å². The lowest BCUT2D eigenvalue weighted by molar-refractivity contribution is -0.123. The zero-order valence-electron chi connectivity index (χ0n) is 9.98. The number of primary amides is 1. The molecular formula is C13H18N2O2. The number of nitrogens with two attached hydrogens (primary N) is 1. The van der Waals surface area contributed by atoms with Crippen molar-refractivity contribution in [2.75, 3.05) is 13.7 Å². The first-order chi connectivity index (χ1) is 8.22. The summed E-state index contributed by atoms with van der Waals surface area (Å²) in [6.07, 6.45) is 1.85. The van der Waals surface area contributed by atoms with E-state index in [9.17, 15) is 4.79 Å². The van der Waals surface area contributed by atoms with E-state index in [1.54, 1.807) is 7.11 Å². The summed E-state index contributed by atoms with van der Waals surface area (Å²) in [7, 11) is 1.64. The maximum absolute atomic E-state index is 11.4. The zero-order valence-corrected chi connectivity index (χ0v) is 9.98. The van der Waals surface area contributed by atoms with Crippen LogP contribution in [0.3, 0.4) is 0 Å². The first-order valence-corrected chi connectivity index (χ1v) is 5.89. The molecule has 1 aromatic rings. The summed E-state index contributed by atoms with van der Waals surface area (Å²) in [5.74, 6) is 0.443. The molecule has 4 nitrogen and oxygen atoms in total. The maximum Gasteiger partial charge on any atom is 0.222 e. The molecule has 1 amide bonds. The summed E-state index contributed by atoms with van der Waals surface area (Å²) in [6, 6.07) is 7.80. The van der Waals surface area contributed by atoms with Crippen molar-refractivity contribution in [1.29, 1.82) is 0 Å². The Hall–Kier alpha value is -1.55. The molecule has 3 N–H and O–H groups in total. The number of hydrogen-bond acceptors (Lipinski definition) is 3. The molecule has 4 heteroatoms. The smallest absolute Gasteiger partial charge is 0.222 e. The second-order valence-electron chi connectivity index (χ2n) is 4.36. The molecule has 0 saturated carbocycles. The van der Waals surface area contributed by atoms with Crippen LogP contribution in [0.25, 0.3) is 0 Å². The first-order valence-electron chi connectivity index (χ1n) is 5.89. The molecule has 2 atom stereocenters. The first kappa shape index (κ1) is 11.9. The topological polar surface area (TPSA) is 64.3 Å². The van der Waals surface area contributed by atoms with Crippen molar-refractivity contribution in [2.24, 2.45) is 11.7 Å². The van der Waals surface area contributed by atoms with E-state index in [2.05, 4.69) is 5.32 Å². The number of carbonyl (C=O) groups is 1. The van der Waals surface area contributed by atoms with E-state index < -0.39 is 0 Å². The van der Waals surface area contributed by atoms with Gasteiger partial charge in [0.05, 0.1) is 13.0 Å². The lowest BCUT2D eigenvalue weighted by atomic mass is 9.86. The third kappa shape index (κ3) is 2.58. The molecule has 1 aromatic carbocycles. The Morgan fingerprint density at radius 3 is 3.06 bits per heavy atom. The highest BCUT2D eigenvalue weighted by atomic mass is 16.5. The van der Waals surface area contributed by atoms with Crippen molar-refractivity contribution >= 4 is 5.91 Å². The number of ether oxygens (including phenoxy) is 1. The highest BCUT2D eigenvalue weighted by molar-refractivity contribution is 5.77. The quantitative estimate of drug-likeness (QED) is 0.826. The predicted molar refractivity (Wildman–Crippen MR) is 65.7 cm³/mol. The Kier molecular flexibility index (Phi) is 3.64. The van der Waals surface area contributed by atoms with Gasteiger partial charge in [0.25, 0.3) is 0 Å². The molecule has 0 spiro atoms. The average Bonchev–Trinajstić information content (AvgIpc) is 2.39. The highest BCUT2D eigenvalue weighted by Crippen LogP contribution is 2.30. The van der Waals surface area contributed by atoms with E-state index in [0.717, 1.165) is 30.7 Å². The second-order valence-corrected chi connectivity index (χ2v) is 4.36. The van der Waals surface area contributed by atoms with Crippen LogP contribution in [-0.2, 0) is 4.79 Å². The van der Waals surface area contributed by atoms with Crippen LogP contribution >= 0.6 is 0 Å². The highest BCUT2D eigenvalue weighted by Gasteiger charge is 2.30. The lowest BCUT2D eigenvalue weighted by Gasteiger charge is -2.31. The number of piperidine rings is 1. The Bertz CT molecular complexity index is 406. The predicted octanol–water partition coefficient (Wildman–Crippen LogP) is 1.22. The SMILES string of the molecule is COc1cccc(C2NCCCC2C(N)=O)c1. The van der Waals surface area contributed by atoms with E-state index in [1.165, 1.54) is 0 Å². The lowest BCUT2D eigenvalue weighted by Crippen LogP contribution is -2.40. The van der Waals surface area contributed by atoms with Crippen LogP contribution in [0.1, 0.15) is 24.4 Å². The molecule has 1 fully saturated rings. The number of carbonyl (C=O) groups excluding carboxylic acids is 1. The summed E-state index contributed by atoms with van der Waals surface area (Å²) in [5.41, 5.74) is 6.52. The summed E-state index contributed by atoms with van der Waals surface area (Å²) in [5, 5.41) is 3.36. The van der Waals surface area contributed by atoms with Crippen molar-refractivity contribution < 1.29 is 9.53 Å². The summed E-state index contributed by atoms with van der Waals surface area (Å²) in [6.45, 7) is 0.922. The fourth-order valence-electron chi connectivity index (χ4n) is 2.38. The zero-order chi connectivity index (χ0) is 12.3. The van der Waals surface area contributed by atoms with Crippen LogP contribution < -0.4 is 15.8 Å². The molecule has 0 aliphatic carbocycles. The van der Waals surface area contributed by atoms with E-state index in [4.69, 9.17) is 10.5 Å². The number of rotatable bonds is 3. The van der Waals surface area contributed by atoms with Gasteiger partial charge in [0.2, 0.25) is 5.91 Å². The Morgan fingerprint density at radius 1 is 1.53 bits per heavy atom. The summed E-state index contributed by atoms with van der Waals surface area (Å²) in [4.78, 5) is 11.4. The molecule has 17 heavy (non-hydrogen) atoms. The number of benzene rings is 1. The van der Waals surface area contributed by atoms with Crippen molar-refractivity contribution in [2.45, 2.75) is 18.9 Å². The van der Waals surface area contributed by atoms with Crippen LogP contribution in [0, 0.1) is 5.92 Å². The molecule has 2 unspecified atom stereocenters. The minimum atomic E-state index is -0.231. The molecule has 1 saturated heterocycles. The van der Waals surface area contributed by atoms with Crippen LogP contribution in [-0.4, -0.2) is 19.6 Å². The molecule has 1 aliphatic heterocycles. The number of amides is 1. The molecule has 2 rings (SSSR count). The summed E-state index contributed by atoms with van der Waals surface area (Å²) >= 11 is 0. The molecule has 0 bridgehead atoms. The molecule has 1 heterocycles. The van der Waals surface area contributed by atoms with E-state index in [0.29, 0.717) is 0 Å². The Balaban J connectivity index is 2.26. The Morgan fingerprint density at radius 2 is 2.35 bits per heavy atom. The van der Waals surface area contributed by atoms with Gasteiger partial charge in [-0.05, 0) is 37.1 Å². The largest absolute Gasteiger partial charge is 0.497 e. The van der Waals surface area contributed by atoms with E-state index in [1.807, 2.05) is 24.3 Å². The van der Waals surface area contributed by atoms with Crippen molar-refractivity contribution in [1.82, 2.24) is 5.32 Å². The monoisotopic (exact) mass is 234 g/mol. The minimum absolute atomic E-state index is 0.0105. The standard InChI is InChI=1S/C13H18N2O2/c1-17-10-5-2-4-9(8-10)12-11(13(14)16)6-3-7-15-12/h2,4-5,8,11-12,15H,3,6-7H2,1H3,(H2,14,16). The van der Waals surface area contributed by atoms with Crippen molar-refractivity contribution in [3.05, 3.63) is 29.8 Å². The van der Waals surface area contributed by atoms with Crippen molar-refractivity contribution in [3.63, 3.8) is 0 Å². The second kappa shape index (κ2) is 5.19.